The number of hydrogen-bond donors (Lipinski definition) is 1. The molecule has 6 nitrogen and oxygen atoms in total. The van der Waals surface area contributed by atoms with Crippen LogP contribution in [0, 0.1) is 6.92 Å². The van der Waals surface area contributed by atoms with Gasteiger partial charge in [0.1, 0.15) is 5.69 Å². The van der Waals surface area contributed by atoms with E-state index in [-0.39, 0.29) is 19.1 Å². The van der Waals surface area contributed by atoms with Gasteiger partial charge in [-0.25, -0.2) is 4.79 Å². The number of carbonyl (C=O) groups excluding carboxylic acids is 1. The van der Waals surface area contributed by atoms with Crippen molar-refractivity contribution in [2.45, 2.75) is 13.0 Å². The Hall–Kier alpha value is -1.99. The van der Waals surface area contributed by atoms with Gasteiger partial charge in [-0.15, -0.1) is 0 Å². The number of amides is 1. The van der Waals surface area contributed by atoms with Crippen LogP contribution >= 0.6 is 11.5 Å². The zero-order chi connectivity index (χ0) is 15.0. The molecule has 7 heteroatoms. The first-order chi connectivity index (χ1) is 10.1. The first kappa shape index (κ1) is 14.0. The molecule has 1 aromatic carbocycles. The van der Waals surface area contributed by atoms with Gasteiger partial charge in [0.25, 0.3) is 5.91 Å². The molecular weight excluding hydrogens is 292 g/mol. The second-order valence-electron chi connectivity index (χ2n) is 4.98. The zero-order valence-electron chi connectivity index (χ0n) is 11.4. The van der Waals surface area contributed by atoms with Gasteiger partial charge in [-0.1, -0.05) is 11.6 Å². The summed E-state index contributed by atoms with van der Waals surface area (Å²) in [6, 6.07) is 5.85. The normalized spacial score (nSPS) is 18.9. The van der Waals surface area contributed by atoms with E-state index in [0.717, 1.165) is 15.6 Å². The molecular formula is C14H14N2O4S. The summed E-state index contributed by atoms with van der Waals surface area (Å²) in [5, 5.41) is 9.82. The minimum atomic E-state index is -1.05. The van der Waals surface area contributed by atoms with E-state index in [1.54, 1.807) is 0 Å². The number of carboxylic acids is 1. The number of fused-ring (bicyclic) bond motifs is 1. The Balaban J connectivity index is 1.90. The Labute approximate surface area is 125 Å². The van der Waals surface area contributed by atoms with Crippen LogP contribution in [0.2, 0.25) is 0 Å². The summed E-state index contributed by atoms with van der Waals surface area (Å²) in [4.78, 5) is 25.1. The fourth-order valence-electron chi connectivity index (χ4n) is 2.34. The number of nitrogens with zero attached hydrogens (tertiary/aromatic N) is 2. The lowest BCUT2D eigenvalue weighted by atomic mass is 10.1. The van der Waals surface area contributed by atoms with Crippen molar-refractivity contribution in [2.24, 2.45) is 0 Å². The zero-order valence-corrected chi connectivity index (χ0v) is 12.2. The fourth-order valence-corrected chi connectivity index (χ4v) is 3.09. The highest BCUT2D eigenvalue weighted by Crippen LogP contribution is 2.25. The molecule has 1 N–H and O–H groups in total. The van der Waals surface area contributed by atoms with Gasteiger partial charge in [0, 0.05) is 11.9 Å². The van der Waals surface area contributed by atoms with E-state index in [1.165, 1.54) is 16.4 Å². The third-order valence-electron chi connectivity index (χ3n) is 3.46. The molecule has 1 saturated heterocycles. The Bertz CT molecular complexity index is 712. The van der Waals surface area contributed by atoms with E-state index in [1.807, 2.05) is 25.1 Å². The number of ether oxygens (including phenoxy) is 1. The predicted molar refractivity (Wildman–Crippen MR) is 77.6 cm³/mol. The second-order valence-corrected chi connectivity index (χ2v) is 5.78. The first-order valence-electron chi connectivity index (χ1n) is 6.56. The largest absolute Gasteiger partial charge is 0.479 e. The lowest BCUT2D eigenvalue weighted by Crippen LogP contribution is -2.48. The van der Waals surface area contributed by atoms with Crippen molar-refractivity contribution in [1.29, 1.82) is 0 Å². The molecule has 0 saturated carbocycles. The Morgan fingerprint density at radius 1 is 1.48 bits per heavy atom. The van der Waals surface area contributed by atoms with Crippen molar-refractivity contribution in [1.82, 2.24) is 9.27 Å². The number of carbonyl (C=O) groups is 2. The molecule has 1 fully saturated rings. The van der Waals surface area contributed by atoms with E-state index in [9.17, 15) is 9.59 Å². The Kier molecular flexibility index (Phi) is 3.60. The molecule has 21 heavy (non-hydrogen) atoms. The molecule has 1 atom stereocenters. The molecule has 0 spiro atoms. The van der Waals surface area contributed by atoms with Crippen molar-refractivity contribution in [3.63, 3.8) is 0 Å². The van der Waals surface area contributed by atoms with E-state index >= 15 is 0 Å². The molecule has 1 aliphatic heterocycles. The number of rotatable bonds is 2. The number of aryl methyl sites for hydroxylation is 1. The van der Waals surface area contributed by atoms with Gasteiger partial charge in [-0.05, 0) is 30.6 Å². The quantitative estimate of drug-likeness (QED) is 0.910. The minimum Gasteiger partial charge on any atom is -0.479 e. The summed E-state index contributed by atoms with van der Waals surface area (Å²) in [7, 11) is 0. The summed E-state index contributed by atoms with van der Waals surface area (Å²) in [6.07, 6.45) is -0.964. The summed E-state index contributed by atoms with van der Waals surface area (Å²) >= 11 is 1.28. The molecule has 110 valence electrons. The van der Waals surface area contributed by atoms with E-state index in [2.05, 4.69) is 4.37 Å². The summed E-state index contributed by atoms with van der Waals surface area (Å²) in [6.45, 7) is 2.62. The van der Waals surface area contributed by atoms with Crippen molar-refractivity contribution >= 4 is 33.5 Å². The molecule has 0 aliphatic carbocycles. The number of carboxylic acid groups (broad SMARTS) is 1. The highest BCUT2D eigenvalue weighted by Gasteiger charge is 2.31. The summed E-state index contributed by atoms with van der Waals surface area (Å²) < 4.78 is 10.3. The maximum Gasteiger partial charge on any atom is 0.334 e. The first-order valence-corrected chi connectivity index (χ1v) is 7.33. The summed E-state index contributed by atoms with van der Waals surface area (Å²) in [5.41, 5.74) is 1.45. The maximum absolute atomic E-state index is 12.6. The molecule has 1 amide bonds. The molecule has 3 rings (SSSR count). The van der Waals surface area contributed by atoms with Crippen LogP contribution in [0.15, 0.2) is 18.2 Å². The SMILES string of the molecule is Cc1ccc2snc(C(=O)N3CCOC(C(=O)O)C3)c2c1. The van der Waals surface area contributed by atoms with Gasteiger partial charge in [-0.2, -0.15) is 4.37 Å². The highest BCUT2D eigenvalue weighted by atomic mass is 32.1. The van der Waals surface area contributed by atoms with Gasteiger partial charge in [-0.3, -0.25) is 4.79 Å². The average Bonchev–Trinajstić information content (AvgIpc) is 2.89. The third-order valence-corrected chi connectivity index (χ3v) is 4.28. The molecule has 0 radical (unpaired) electrons. The smallest absolute Gasteiger partial charge is 0.334 e. The van der Waals surface area contributed by atoms with Crippen molar-refractivity contribution in [2.75, 3.05) is 19.7 Å². The van der Waals surface area contributed by atoms with Crippen LogP contribution in [0.25, 0.3) is 10.1 Å². The van der Waals surface area contributed by atoms with Crippen molar-refractivity contribution in [3.8, 4) is 0 Å². The molecule has 1 aromatic heterocycles. The van der Waals surface area contributed by atoms with Crippen LogP contribution in [0.5, 0.6) is 0 Å². The van der Waals surface area contributed by atoms with Gasteiger partial charge in [0.05, 0.1) is 17.9 Å². The van der Waals surface area contributed by atoms with Crippen molar-refractivity contribution in [3.05, 3.63) is 29.5 Å². The van der Waals surface area contributed by atoms with Crippen molar-refractivity contribution < 1.29 is 19.4 Å². The van der Waals surface area contributed by atoms with Gasteiger partial charge >= 0.3 is 5.97 Å². The standard InChI is InChI=1S/C14H14N2O4S/c1-8-2-3-11-9(6-8)12(15-21-11)13(17)16-4-5-20-10(7-16)14(18)19/h2-3,6,10H,4-5,7H2,1H3,(H,18,19). The number of benzene rings is 1. The molecule has 1 aliphatic rings. The molecule has 2 aromatic rings. The fraction of sp³-hybridized carbons (Fsp3) is 0.357. The molecule has 0 bridgehead atoms. The third kappa shape index (κ3) is 2.62. The monoisotopic (exact) mass is 306 g/mol. The average molecular weight is 306 g/mol. The second kappa shape index (κ2) is 5.42. The summed E-state index contributed by atoms with van der Waals surface area (Å²) in [5.74, 6) is -1.28. The Morgan fingerprint density at radius 3 is 3.05 bits per heavy atom. The minimum absolute atomic E-state index is 0.0546. The number of hydrogen-bond acceptors (Lipinski definition) is 5. The van der Waals surface area contributed by atoms with E-state index < -0.39 is 12.1 Å². The highest BCUT2D eigenvalue weighted by molar-refractivity contribution is 7.13. The van der Waals surface area contributed by atoms with E-state index in [0.29, 0.717) is 12.2 Å². The van der Waals surface area contributed by atoms with Crippen LogP contribution in [-0.2, 0) is 9.53 Å². The lowest BCUT2D eigenvalue weighted by molar-refractivity contribution is -0.154. The van der Waals surface area contributed by atoms with Crippen LogP contribution in [-0.4, -0.2) is 52.1 Å². The van der Waals surface area contributed by atoms with Crippen LogP contribution < -0.4 is 0 Å². The topological polar surface area (TPSA) is 79.7 Å². The molecule has 2 heterocycles. The van der Waals surface area contributed by atoms with Crippen LogP contribution in [0.4, 0.5) is 0 Å². The lowest BCUT2D eigenvalue weighted by Gasteiger charge is -2.30. The number of morpholine rings is 1. The van der Waals surface area contributed by atoms with Gasteiger partial charge in [0.15, 0.2) is 6.10 Å². The number of aromatic nitrogens is 1. The van der Waals surface area contributed by atoms with E-state index in [4.69, 9.17) is 9.84 Å². The molecule has 1 unspecified atom stereocenters. The van der Waals surface area contributed by atoms with Crippen LogP contribution in [0.1, 0.15) is 16.1 Å². The Morgan fingerprint density at radius 2 is 2.29 bits per heavy atom. The van der Waals surface area contributed by atoms with Gasteiger partial charge in [0.2, 0.25) is 0 Å². The predicted octanol–water partition coefficient (Wildman–Crippen LogP) is 1.53. The van der Waals surface area contributed by atoms with Crippen LogP contribution in [0.3, 0.4) is 0 Å². The number of aliphatic carboxylic acids is 1. The maximum atomic E-state index is 12.6. The van der Waals surface area contributed by atoms with Gasteiger partial charge < -0.3 is 14.7 Å².